The first-order chi connectivity index (χ1) is 9.61. The standard InChI is InChI=1S/C16H23ClN2O/c1-3-14(12-5-7-13(17)8-6-12)19-15(20)16(4-2)9-10-18-11-16/h5-8,14,18H,3-4,9-11H2,1-2H3,(H,19,20). The van der Waals surface area contributed by atoms with Crippen molar-refractivity contribution in [2.75, 3.05) is 13.1 Å². The molecule has 1 aromatic carbocycles. The molecule has 3 nitrogen and oxygen atoms in total. The maximum Gasteiger partial charge on any atom is 0.228 e. The Morgan fingerprint density at radius 1 is 1.40 bits per heavy atom. The lowest BCUT2D eigenvalue weighted by molar-refractivity contribution is -0.131. The van der Waals surface area contributed by atoms with Crippen molar-refractivity contribution in [2.24, 2.45) is 5.41 Å². The van der Waals surface area contributed by atoms with Crippen LogP contribution < -0.4 is 10.6 Å². The Hall–Kier alpha value is -1.06. The van der Waals surface area contributed by atoms with Crippen LogP contribution in [0.5, 0.6) is 0 Å². The van der Waals surface area contributed by atoms with Crippen molar-refractivity contribution in [2.45, 2.75) is 39.2 Å². The average molecular weight is 295 g/mol. The van der Waals surface area contributed by atoms with Crippen LogP contribution in [-0.4, -0.2) is 19.0 Å². The molecule has 2 rings (SSSR count). The molecule has 2 atom stereocenters. The molecule has 4 heteroatoms. The molecule has 1 aromatic rings. The lowest BCUT2D eigenvalue weighted by atomic mass is 9.83. The van der Waals surface area contributed by atoms with Gasteiger partial charge >= 0.3 is 0 Å². The van der Waals surface area contributed by atoms with Gasteiger partial charge in [0.1, 0.15) is 0 Å². The predicted octanol–water partition coefficient (Wildman–Crippen LogP) is 3.30. The average Bonchev–Trinajstić information content (AvgIpc) is 2.96. The largest absolute Gasteiger partial charge is 0.349 e. The molecule has 0 radical (unpaired) electrons. The highest BCUT2D eigenvalue weighted by molar-refractivity contribution is 6.30. The first-order valence-corrected chi connectivity index (χ1v) is 7.76. The van der Waals surface area contributed by atoms with Crippen LogP contribution in [0.1, 0.15) is 44.7 Å². The highest BCUT2D eigenvalue weighted by Crippen LogP contribution is 2.31. The van der Waals surface area contributed by atoms with Crippen LogP contribution in [-0.2, 0) is 4.79 Å². The second kappa shape index (κ2) is 6.59. The molecule has 20 heavy (non-hydrogen) atoms. The third-order valence-corrected chi connectivity index (χ3v) is 4.64. The summed E-state index contributed by atoms with van der Waals surface area (Å²) in [5, 5.41) is 7.24. The SMILES string of the molecule is CCC(NC(=O)C1(CC)CCNC1)c1ccc(Cl)cc1. The lowest BCUT2D eigenvalue weighted by Crippen LogP contribution is -2.43. The summed E-state index contributed by atoms with van der Waals surface area (Å²) in [7, 11) is 0. The van der Waals surface area contributed by atoms with Crippen molar-refractivity contribution >= 4 is 17.5 Å². The van der Waals surface area contributed by atoms with Gasteiger partial charge in [0.2, 0.25) is 5.91 Å². The van der Waals surface area contributed by atoms with Gasteiger partial charge in [-0.3, -0.25) is 4.79 Å². The fourth-order valence-electron chi connectivity index (χ4n) is 2.83. The zero-order valence-corrected chi connectivity index (χ0v) is 13.0. The molecule has 0 aromatic heterocycles. The van der Waals surface area contributed by atoms with Gasteiger partial charge in [-0.1, -0.05) is 37.6 Å². The summed E-state index contributed by atoms with van der Waals surface area (Å²) in [6.07, 6.45) is 2.68. The fourth-order valence-corrected chi connectivity index (χ4v) is 2.95. The van der Waals surface area contributed by atoms with Crippen LogP contribution in [0.25, 0.3) is 0 Å². The Morgan fingerprint density at radius 2 is 2.10 bits per heavy atom. The van der Waals surface area contributed by atoms with E-state index in [0.717, 1.165) is 42.9 Å². The van der Waals surface area contributed by atoms with Crippen LogP contribution in [0.4, 0.5) is 0 Å². The summed E-state index contributed by atoms with van der Waals surface area (Å²) in [5.41, 5.74) is 0.877. The fraction of sp³-hybridized carbons (Fsp3) is 0.562. The molecule has 0 aliphatic carbocycles. The molecule has 2 N–H and O–H groups in total. The van der Waals surface area contributed by atoms with Crippen LogP contribution in [0.3, 0.4) is 0 Å². The number of rotatable bonds is 5. The number of carbonyl (C=O) groups is 1. The van der Waals surface area contributed by atoms with Crippen molar-refractivity contribution in [3.8, 4) is 0 Å². The smallest absolute Gasteiger partial charge is 0.228 e. The number of carbonyl (C=O) groups excluding carboxylic acids is 1. The summed E-state index contributed by atoms with van der Waals surface area (Å²) in [4.78, 5) is 12.6. The molecule has 2 unspecified atom stereocenters. The predicted molar refractivity (Wildman–Crippen MR) is 82.8 cm³/mol. The van der Waals surface area contributed by atoms with Crippen molar-refractivity contribution in [3.63, 3.8) is 0 Å². The minimum absolute atomic E-state index is 0.0591. The number of nitrogens with one attached hydrogen (secondary N) is 2. The Labute approximate surface area is 126 Å². The minimum atomic E-state index is -0.236. The lowest BCUT2D eigenvalue weighted by Gasteiger charge is -2.28. The Kier molecular flexibility index (Phi) is 5.06. The summed E-state index contributed by atoms with van der Waals surface area (Å²) in [6.45, 7) is 5.90. The first-order valence-electron chi connectivity index (χ1n) is 7.38. The number of halogens is 1. The van der Waals surface area contributed by atoms with E-state index in [1.165, 1.54) is 0 Å². The quantitative estimate of drug-likeness (QED) is 0.875. The summed E-state index contributed by atoms with van der Waals surface area (Å²) in [6, 6.07) is 7.78. The van der Waals surface area contributed by atoms with Crippen LogP contribution >= 0.6 is 11.6 Å². The number of hydrogen-bond donors (Lipinski definition) is 2. The zero-order valence-electron chi connectivity index (χ0n) is 12.2. The van der Waals surface area contributed by atoms with E-state index >= 15 is 0 Å². The molecule has 0 bridgehead atoms. The molecule has 1 aliphatic rings. The minimum Gasteiger partial charge on any atom is -0.349 e. The summed E-state index contributed by atoms with van der Waals surface area (Å²) < 4.78 is 0. The maximum absolute atomic E-state index is 12.6. The maximum atomic E-state index is 12.6. The van der Waals surface area contributed by atoms with Gasteiger partial charge in [0.15, 0.2) is 0 Å². The van der Waals surface area contributed by atoms with Gasteiger partial charge < -0.3 is 10.6 Å². The normalized spacial score (nSPS) is 23.6. The molecule has 0 saturated carbocycles. The Morgan fingerprint density at radius 3 is 2.60 bits per heavy atom. The summed E-state index contributed by atoms with van der Waals surface area (Å²) in [5.74, 6) is 0.173. The van der Waals surface area contributed by atoms with Crippen molar-refractivity contribution < 1.29 is 4.79 Å². The van der Waals surface area contributed by atoms with E-state index in [0.29, 0.717) is 0 Å². The topological polar surface area (TPSA) is 41.1 Å². The van der Waals surface area contributed by atoms with E-state index in [-0.39, 0.29) is 17.4 Å². The Bertz CT molecular complexity index is 452. The van der Waals surface area contributed by atoms with Crippen molar-refractivity contribution in [1.82, 2.24) is 10.6 Å². The van der Waals surface area contributed by atoms with Crippen molar-refractivity contribution in [1.29, 1.82) is 0 Å². The summed E-state index contributed by atoms with van der Waals surface area (Å²) >= 11 is 5.92. The zero-order chi connectivity index (χ0) is 14.6. The van der Waals surface area contributed by atoms with Gasteiger partial charge in [-0.2, -0.15) is 0 Å². The second-order valence-corrected chi connectivity index (χ2v) is 5.98. The highest BCUT2D eigenvalue weighted by atomic mass is 35.5. The monoisotopic (exact) mass is 294 g/mol. The number of hydrogen-bond acceptors (Lipinski definition) is 2. The molecular weight excluding hydrogens is 272 g/mol. The molecule has 1 amide bonds. The molecule has 1 aliphatic heterocycles. The Balaban J connectivity index is 2.09. The van der Waals surface area contributed by atoms with Gasteiger partial charge in [0.05, 0.1) is 11.5 Å². The number of benzene rings is 1. The third kappa shape index (κ3) is 3.15. The van der Waals surface area contributed by atoms with Crippen LogP contribution in [0, 0.1) is 5.41 Å². The molecule has 0 spiro atoms. The molecule has 1 saturated heterocycles. The molecule has 110 valence electrons. The molecule has 1 fully saturated rings. The van der Waals surface area contributed by atoms with Gasteiger partial charge in [-0.25, -0.2) is 0 Å². The van der Waals surface area contributed by atoms with Gasteiger partial charge in [0.25, 0.3) is 0 Å². The van der Waals surface area contributed by atoms with E-state index in [4.69, 9.17) is 11.6 Å². The van der Waals surface area contributed by atoms with E-state index in [2.05, 4.69) is 24.5 Å². The second-order valence-electron chi connectivity index (χ2n) is 5.55. The van der Waals surface area contributed by atoms with Crippen LogP contribution in [0.2, 0.25) is 5.02 Å². The third-order valence-electron chi connectivity index (χ3n) is 4.39. The first kappa shape index (κ1) is 15.3. The molecule has 1 heterocycles. The van der Waals surface area contributed by atoms with E-state index in [9.17, 15) is 4.79 Å². The van der Waals surface area contributed by atoms with Crippen molar-refractivity contribution in [3.05, 3.63) is 34.9 Å². The van der Waals surface area contributed by atoms with Gasteiger partial charge in [-0.15, -0.1) is 0 Å². The molecular formula is C16H23ClN2O. The van der Waals surface area contributed by atoms with Gasteiger partial charge in [-0.05, 0) is 43.5 Å². The van der Waals surface area contributed by atoms with E-state index in [1.807, 2.05) is 24.3 Å². The van der Waals surface area contributed by atoms with Gasteiger partial charge in [0, 0.05) is 11.6 Å². The number of amides is 1. The van der Waals surface area contributed by atoms with Crippen LogP contribution in [0.15, 0.2) is 24.3 Å². The highest BCUT2D eigenvalue weighted by Gasteiger charge is 2.40. The van der Waals surface area contributed by atoms with E-state index < -0.39 is 0 Å². The van der Waals surface area contributed by atoms with E-state index in [1.54, 1.807) is 0 Å².